The molecule has 0 aliphatic carbocycles. The van der Waals surface area contributed by atoms with E-state index in [2.05, 4.69) is 27.0 Å². The number of fused-ring (bicyclic) bond motifs is 1. The summed E-state index contributed by atoms with van der Waals surface area (Å²) in [4.78, 5) is 16.2. The molecule has 0 saturated heterocycles. The fraction of sp³-hybridized carbons (Fsp3) is 0.333. The molecule has 1 heterocycles. The van der Waals surface area contributed by atoms with Gasteiger partial charge in [0.1, 0.15) is 5.82 Å². The van der Waals surface area contributed by atoms with Gasteiger partial charge in [-0.05, 0) is 23.3 Å². The van der Waals surface area contributed by atoms with E-state index in [0.29, 0.717) is 24.7 Å². The summed E-state index contributed by atoms with van der Waals surface area (Å²) in [6, 6.07) is 14.8. The van der Waals surface area contributed by atoms with Crippen LogP contribution in [0.25, 0.3) is 0 Å². The lowest BCUT2D eigenvalue weighted by Gasteiger charge is -2.26. The minimum atomic E-state index is -0.155. The van der Waals surface area contributed by atoms with Crippen molar-refractivity contribution in [3.05, 3.63) is 65.5 Å². The van der Waals surface area contributed by atoms with E-state index in [9.17, 15) is 9.18 Å². The molecule has 2 aromatic carbocycles. The second-order valence-electron chi connectivity index (χ2n) is 6.56. The fourth-order valence-electron chi connectivity index (χ4n) is 3.16. The highest BCUT2D eigenvalue weighted by Gasteiger charge is 2.24. The highest BCUT2D eigenvalue weighted by Crippen LogP contribution is 2.31. The zero-order valence-corrected chi connectivity index (χ0v) is 19.4. The molecule has 1 aliphatic heterocycles. The summed E-state index contributed by atoms with van der Waals surface area (Å²) in [6.07, 6.45) is 0.458. The maximum atomic E-state index is 13.6. The summed E-state index contributed by atoms with van der Waals surface area (Å²) >= 11 is 1.67. The molecule has 3 N–H and O–H groups in total. The smallest absolute Gasteiger partial charge is 0.225 e. The van der Waals surface area contributed by atoms with Crippen LogP contribution in [-0.4, -0.2) is 37.8 Å². The summed E-state index contributed by atoms with van der Waals surface area (Å²) in [5.74, 6) is 2.18. The molecular formula is C21H26FIN4OS. The number of hydrogen-bond acceptors (Lipinski definition) is 3. The van der Waals surface area contributed by atoms with E-state index >= 15 is 0 Å². The Hall–Kier alpha value is -1.81. The maximum absolute atomic E-state index is 13.6. The number of amides is 1. The third kappa shape index (κ3) is 6.88. The summed E-state index contributed by atoms with van der Waals surface area (Å²) in [7, 11) is 1.73. The molecule has 1 unspecified atom stereocenters. The zero-order chi connectivity index (χ0) is 19.8. The van der Waals surface area contributed by atoms with E-state index in [-0.39, 0.29) is 41.6 Å². The Morgan fingerprint density at radius 2 is 1.97 bits per heavy atom. The van der Waals surface area contributed by atoms with Gasteiger partial charge in [0, 0.05) is 49.7 Å². The largest absolute Gasteiger partial charge is 0.356 e. The molecule has 0 radical (unpaired) electrons. The minimum Gasteiger partial charge on any atom is -0.356 e. The van der Waals surface area contributed by atoms with Gasteiger partial charge in [-0.3, -0.25) is 9.79 Å². The lowest BCUT2D eigenvalue weighted by molar-refractivity contribution is -0.116. The standard InChI is InChI=1S/C21H25FN4OS.HI/c1-23-21(24-10-11-28-14-15-6-2-4-8-18(15)22)25-13-16-12-20(27)26-19-9-5-3-7-17(16)19;/h2-9,16H,10-14H2,1H3,(H,26,27)(H2,23,24,25);1H. The summed E-state index contributed by atoms with van der Waals surface area (Å²) < 4.78 is 13.6. The first kappa shape index (κ1) is 23.5. The fourth-order valence-corrected chi connectivity index (χ4v) is 4.01. The van der Waals surface area contributed by atoms with Crippen LogP contribution in [0.3, 0.4) is 0 Å². The topological polar surface area (TPSA) is 65.5 Å². The lowest BCUT2D eigenvalue weighted by atomic mass is 9.90. The van der Waals surface area contributed by atoms with Crippen LogP contribution in [0.15, 0.2) is 53.5 Å². The predicted octanol–water partition coefficient (Wildman–Crippen LogP) is 3.97. The Morgan fingerprint density at radius 3 is 2.76 bits per heavy atom. The molecule has 0 spiro atoms. The van der Waals surface area contributed by atoms with E-state index in [1.165, 1.54) is 6.07 Å². The molecule has 0 aromatic heterocycles. The van der Waals surface area contributed by atoms with Crippen molar-refractivity contribution in [1.82, 2.24) is 10.6 Å². The Bertz CT molecular complexity index is 849. The molecule has 1 amide bonds. The van der Waals surface area contributed by atoms with Crippen LogP contribution in [0, 0.1) is 5.82 Å². The van der Waals surface area contributed by atoms with Crippen LogP contribution in [0.1, 0.15) is 23.5 Å². The average molecular weight is 528 g/mol. The van der Waals surface area contributed by atoms with Gasteiger partial charge in [-0.1, -0.05) is 36.4 Å². The number of rotatable bonds is 7. The molecule has 156 valence electrons. The summed E-state index contributed by atoms with van der Waals surface area (Å²) in [5, 5.41) is 9.49. The summed E-state index contributed by atoms with van der Waals surface area (Å²) in [5.41, 5.74) is 2.76. The second kappa shape index (κ2) is 12.0. The Morgan fingerprint density at radius 1 is 1.21 bits per heavy atom. The molecule has 29 heavy (non-hydrogen) atoms. The molecule has 0 fully saturated rings. The van der Waals surface area contributed by atoms with Crippen molar-refractivity contribution in [2.24, 2.45) is 4.99 Å². The van der Waals surface area contributed by atoms with Gasteiger partial charge >= 0.3 is 0 Å². The van der Waals surface area contributed by atoms with E-state index in [1.54, 1.807) is 24.9 Å². The number of para-hydroxylation sites is 1. The van der Waals surface area contributed by atoms with Crippen LogP contribution in [0.5, 0.6) is 0 Å². The number of thioether (sulfide) groups is 1. The third-order valence-electron chi connectivity index (χ3n) is 4.60. The molecular weight excluding hydrogens is 502 g/mol. The number of benzene rings is 2. The number of aliphatic imine (C=N–C) groups is 1. The molecule has 1 atom stereocenters. The van der Waals surface area contributed by atoms with Crippen LogP contribution in [0.2, 0.25) is 0 Å². The second-order valence-corrected chi connectivity index (χ2v) is 7.67. The van der Waals surface area contributed by atoms with E-state index in [0.717, 1.165) is 29.1 Å². The number of halogens is 2. The van der Waals surface area contributed by atoms with Crippen molar-refractivity contribution in [2.75, 3.05) is 31.2 Å². The van der Waals surface area contributed by atoms with E-state index in [1.807, 2.05) is 30.3 Å². The number of nitrogens with one attached hydrogen (secondary N) is 3. The van der Waals surface area contributed by atoms with Crippen molar-refractivity contribution in [3.8, 4) is 0 Å². The SMILES string of the molecule is CN=C(NCCSCc1ccccc1F)NCC1CC(=O)Nc2ccccc21.I. The molecule has 2 aromatic rings. The van der Waals surface area contributed by atoms with Crippen molar-refractivity contribution in [2.45, 2.75) is 18.1 Å². The zero-order valence-electron chi connectivity index (χ0n) is 16.3. The first-order valence-corrected chi connectivity index (χ1v) is 10.5. The average Bonchev–Trinajstić information content (AvgIpc) is 2.71. The number of hydrogen-bond donors (Lipinski definition) is 3. The van der Waals surface area contributed by atoms with Crippen LogP contribution in [0.4, 0.5) is 10.1 Å². The minimum absolute atomic E-state index is 0. The van der Waals surface area contributed by atoms with Gasteiger partial charge in [0.15, 0.2) is 5.96 Å². The molecule has 5 nitrogen and oxygen atoms in total. The number of carbonyl (C=O) groups is 1. The van der Waals surface area contributed by atoms with E-state index in [4.69, 9.17) is 0 Å². The van der Waals surface area contributed by atoms with Crippen molar-refractivity contribution in [3.63, 3.8) is 0 Å². The number of anilines is 1. The molecule has 3 rings (SSSR count). The molecule has 8 heteroatoms. The number of carbonyl (C=O) groups excluding carboxylic acids is 1. The Kier molecular flexibility index (Phi) is 9.72. The van der Waals surface area contributed by atoms with Gasteiger partial charge in [0.05, 0.1) is 0 Å². The van der Waals surface area contributed by atoms with Gasteiger partial charge in [-0.2, -0.15) is 11.8 Å². The highest BCUT2D eigenvalue weighted by atomic mass is 127. The van der Waals surface area contributed by atoms with E-state index < -0.39 is 0 Å². The molecule has 0 bridgehead atoms. The lowest BCUT2D eigenvalue weighted by Crippen LogP contribution is -2.41. The van der Waals surface area contributed by atoms with Crippen LogP contribution in [-0.2, 0) is 10.5 Å². The predicted molar refractivity (Wildman–Crippen MR) is 130 cm³/mol. The van der Waals surface area contributed by atoms with Gasteiger partial charge in [0.25, 0.3) is 0 Å². The summed E-state index contributed by atoms with van der Waals surface area (Å²) in [6.45, 7) is 1.35. The van der Waals surface area contributed by atoms with Gasteiger partial charge in [-0.15, -0.1) is 24.0 Å². The number of guanidine groups is 1. The van der Waals surface area contributed by atoms with Gasteiger partial charge in [-0.25, -0.2) is 4.39 Å². The number of nitrogens with zero attached hydrogens (tertiary/aromatic N) is 1. The third-order valence-corrected chi connectivity index (χ3v) is 5.61. The highest BCUT2D eigenvalue weighted by molar-refractivity contribution is 14.0. The normalized spacial score (nSPS) is 15.7. The maximum Gasteiger partial charge on any atom is 0.225 e. The Balaban J connectivity index is 0.00000300. The first-order chi connectivity index (χ1) is 13.7. The van der Waals surface area contributed by atoms with Crippen molar-refractivity contribution in [1.29, 1.82) is 0 Å². The Labute approximate surface area is 192 Å². The van der Waals surface area contributed by atoms with Crippen molar-refractivity contribution < 1.29 is 9.18 Å². The quantitative estimate of drug-likeness (QED) is 0.220. The van der Waals surface area contributed by atoms with Crippen molar-refractivity contribution >= 4 is 53.3 Å². The van der Waals surface area contributed by atoms with Gasteiger partial charge in [0.2, 0.25) is 5.91 Å². The van der Waals surface area contributed by atoms with Gasteiger partial charge < -0.3 is 16.0 Å². The van der Waals surface area contributed by atoms with Crippen LogP contribution < -0.4 is 16.0 Å². The monoisotopic (exact) mass is 528 g/mol. The molecule has 0 saturated carbocycles. The first-order valence-electron chi connectivity index (χ1n) is 9.32. The molecule has 1 aliphatic rings. The van der Waals surface area contributed by atoms with Crippen LogP contribution >= 0.6 is 35.7 Å².